The summed E-state index contributed by atoms with van der Waals surface area (Å²) in [6, 6.07) is 9.38. The van der Waals surface area contributed by atoms with E-state index in [2.05, 4.69) is 20.4 Å². The van der Waals surface area contributed by atoms with Crippen LogP contribution in [0.25, 0.3) is 0 Å². The number of hydrogen-bond donors (Lipinski definition) is 2. The second kappa shape index (κ2) is 7.49. The molecule has 7 nitrogen and oxygen atoms in total. The average Bonchev–Trinajstić information content (AvgIpc) is 3.00. The summed E-state index contributed by atoms with van der Waals surface area (Å²) >= 11 is 1.29. The van der Waals surface area contributed by atoms with Gasteiger partial charge < -0.3 is 15.8 Å². The third-order valence-electron chi connectivity index (χ3n) is 3.61. The van der Waals surface area contributed by atoms with Crippen molar-refractivity contribution in [3.63, 3.8) is 0 Å². The Morgan fingerprint density at radius 3 is 2.70 bits per heavy atom. The van der Waals surface area contributed by atoms with E-state index in [-0.39, 0.29) is 11.9 Å². The summed E-state index contributed by atoms with van der Waals surface area (Å²) in [6.07, 6.45) is 0. The van der Waals surface area contributed by atoms with Crippen LogP contribution in [0, 0.1) is 0 Å². The van der Waals surface area contributed by atoms with Gasteiger partial charge in [0, 0.05) is 13.1 Å². The summed E-state index contributed by atoms with van der Waals surface area (Å²) in [6.45, 7) is 3.23. The predicted octanol–water partition coefficient (Wildman–Crippen LogP) is 0.658. The maximum Gasteiger partial charge on any atom is 0.235 e. The van der Waals surface area contributed by atoms with Crippen LogP contribution in [0.3, 0.4) is 0 Å². The summed E-state index contributed by atoms with van der Waals surface area (Å²) < 4.78 is 5.30. The number of nitrogens with two attached hydrogens (primary N) is 1. The van der Waals surface area contributed by atoms with Gasteiger partial charge in [0.2, 0.25) is 11.0 Å². The van der Waals surface area contributed by atoms with Crippen molar-refractivity contribution in [1.29, 1.82) is 0 Å². The molecule has 0 radical (unpaired) electrons. The fourth-order valence-electron chi connectivity index (χ4n) is 2.47. The third-order valence-corrected chi connectivity index (χ3v) is 4.43. The number of ether oxygens (including phenoxy) is 1. The van der Waals surface area contributed by atoms with Gasteiger partial charge in [0.25, 0.3) is 0 Å². The number of anilines is 1. The van der Waals surface area contributed by atoms with Crippen LogP contribution in [0.5, 0.6) is 0 Å². The molecule has 2 aromatic rings. The number of nitrogen functional groups attached to an aromatic ring is 1. The molecule has 0 spiro atoms. The zero-order valence-corrected chi connectivity index (χ0v) is 13.5. The Morgan fingerprint density at radius 2 is 2.04 bits per heavy atom. The van der Waals surface area contributed by atoms with E-state index in [0.29, 0.717) is 29.9 Å². The number of nitrogens with one attached hydrogen (secondary N) is 1. The minimum atomic E-state index is -0.334. The van der Waals surface area contributed by atoms with Crippen LogP contribution in [0.4, 0.5) is 5.13 Å². The smallest absolute Gasteiger partial charge is 0.235 e. The molecule has 1 aromatic carbocycles. The lowest BCUT2D eigenvalue weighted by Crippen LogP contribution is -2.44. The Kier molecular flexibility index (Phi) is 5.16. The van der Waals surface area contributed by atoms with Crippen LogP contribution in [0.1, 0.15) is 16.6 Å². The predicted molar refractivity (Wildman–Crippen MR) is 88.0 cm³/mol. The van der Waals surface area contributed by atoms with Crippen molar-refractivity contribution in [3.05, 3.63) is 40.9 Å². The van der Waals surface area contributed by atoms with Crippen LogP contribution >= 0.6 is 11.3 Å². The number of carbonyl (C=O) groups is 1. The highest BCUT2D eigenvalue weighted by molar-refractivity contribution is 7.15. The van der Waals surface area contributed by atoms with E-state index in [9.17, 15) is 4.79 Å². The minimum Gasteiger partial charge on any atom is -0.379 e. The van der Waals surface area contributed by atoms with Gasteiger partial charge in [0.05, 0.1) is 19.8 Å². The zero-order chi connectivity index (χ0) is 16.1. The molecule has 1 saturated heterocycles. The molecule has 1 amide bonds. The van der Waals surface area contributed by atoms with Crippen LogP contribution in [-0.4, -0.2) is 53.9 Å². The van der Waals surface area contributed by atoms with Gasteiger partial charge in [-0.05, 0) is 5.56 Å². The van der Waals surface area contributed by atoms with Crippen molar-refractivity contribution in [1.82, 2.24) is 20.4 Å². The number of nitrogens with zero attached hydrogens (tertiary/aromatic N) is 3. The quantitative estimate of drug-likeness (QED) is 0.835. The van der Waals surface area contributed by atoms with Gasteiger partial charge in [-0.2, -0.15) is 0 Å². The van der Waals surface area contributed by atoms with Crippen LogP contribution < -0.4 is 11.1 Å². The number of benzene rings is 1. The topological polar surface area (TPSA) is 93.4 Å². The van der Waals surface area contributed by atoms with Crippen molar-refractivity contribution < 1.29 is 9.53 Å². The monoisotopic (exact) mass is 333 g/mol. The number of morpholine rings is 1. The van der Waals surface area contributed by atoms with Crippen molar-refractivity contribution in [2.75, 3.05) is 38.6 Å². The van der Waals surface area contributed by atoms with Crippen LogP contribution in [0.15, 0.2) is 30.3 Å². The number of amides is 1. The summed E-state index contributed by atoms with van der Waals surface area (Å²) in [5, 5.41) is 12.1. The molecule has 0 saturated carbocycles. The molecule has 3 N–H and O–H groups in total. The molecule has 8 heteroatoms. The molecule has 1 aromatic heterocycles. The minimum absolute atomic E-state index is 0.0467. The molecule has 1 aliphatic rings. The van der Waals surface area contributed by atoms with E-state index < -0.39 is 0 Å². The van der Waals surface area contributed by atoms with Crippen molar-refractivity contribution in [3.8, 4) is 0 Å². The standard InChI is InChI=1S/C15H19N5O2S/c16-15-19-18-14(23-15)13(11-4-2-1-3-5-11)17-12(21)10-20-6-8-22-9-7-20/h1-5,13H,6-10H2,(H2,16,19)(H,17,21)/t13-/m1/s1. The molecule has 0 bridgehead atoms. The summed E-state index contributed by atoms with van der Waals surface area (Å²) in [5.74, 6) is -0.0467. The van der Waals surface area contributed by atoms with E-state index in [1.165, 1.54) is 11.3 Å². The van der Waals surface area contributed by atoms with Gasteiger partial charge in [0.15, 0.2) is 0 Å². The number of hydrogen-bond acceptors (Lipinski definition) is 7. The molecule has 3 rings (SSSR count). The highest BCUT2D eigenvalue weighted by atomic mass is 32.1. The Morgan fingerprint density at radius 1 is 1.30 bits per heavy atom. The van der Waals surface area contributed by atoms with Crippen molar-refractivity contribution in [2.45, 2.75) is 6.04 Å². The van der Waals surface area contributed by atoms with E-state index >= 15 is 0 Å². The Hall–Kier alpha value is -2.03. The first-order valence-corrected chi connectivity index (χ1v) is 8.27. The molecule has 1 aliphatic heterocycles. The number of carbonyl (C=O) groups excluding carboxylic acids is 1. The summed E-state index contributed by atoms with van der Waals surface area (Å²) in [5.41, 5.74) is 6.64. The molecule has 23 heavy (non-hydrogen) atoms. The highest BCUT2D eigenvalue weighted by Gasteiger charge is 2.22. The number of rotatable bonds is 5. The van der Waals surface area contributed by atoms with Crippen LogP contribution in [-0.2, 0) is 9.53 Å². The largest absolute Gasteiger partial charge is 0.379 e. The maximum absolute atomic E-state index is 12.4. The highest BCUT2D eigenvalue weighted by Crippen LogP contribution is 2.25. The first-order valence-electron chi connectivity index (χ1n) is 7.45. The lowest BCUT2D eigenvalue weighted by atomic mass is 10.1. The fourth-order valence-corrected chi connectivity index (χ4v) is 3.16. The SMILES string of the molecule is Nc1nnc([C@H](NC(=O)CN2CCOCC2)c2ccccc2)s1. The van der Waals surface area contributed by atoms with Gasteiger partial charge in [-0.25, -0.2) is 0 Å². The van der Waals surface area contributed by atoms with Gasteiger partial charge in [-0.1, -0.05) is 41.7 Å². The molecule has 0 aliphatic carbocycles. The molecule has 122 valence electrons. The van der Waals surface area contributed by atoms with Gasteiger partial charge in [-0.3, -0.25) is 9.69 Å². The molecule has 2 heterocycles. The Balaban J connectivity index is 1.72. The van der Waals surface area contributed by atoms with E-state index in [0.717, 1.165) is 18.7 Å². The molecular weight excluding hydrogens is 314 g/mol. The maximum atomic E-state index is 12.4. The molecule has 1 fully saturated rings. The first kappa shape index (κ1) is 15.9. The van der Waals surface area contributed by atoms with E-state index in [1.807, 2.05) is 30.3 Å². The van der Waals surface area contributed by atoms with Gasteiger partial charge in [0.1, 0.15) is 11.0 Å². The first-order chi connectivity index (χ1) is 11.2. The zero-order valence-electron chi connectivity index (χ0n) is 12.6. The Bertz CT molecular complexity index is 642. The van der Waals surface area contributed by atoms with Gasteiger partial charge >= 0.3 is 0 Å². The van der Waals surface area contributed by atoms with Crippen molar-refractivity contribution in [2.24, 2.45) is 0 Å². The second-order valence-corrected chi connectivity index (χ2v) is 6.32. The van der Waals surface area contributed by atoms with Crippen molar-refractivity contribution >= 4 is 22.4 Å². The molecular formula is C15H19N5O2S. The number of aromatic nitrogens is 2. The van der Waals surface area contributed by atoms with E-state index in [1.54, 1.807) is 0 Å². The fraction of sp³-hybridized carbons (Fsp3) is 0.400. The molecule has 1 atom stereocenters. The lowest BCUT2D eigenvalue weighted by molar-refractivity contribution is -0.123. The average molecular weight is 333 g/mol. The van der Waals surface area contributed by atoms with Gasteiger partial charge in [-0.15, -0.1) is 10.2 Å². The van der Waals surface area contributed by atoms with E-state index in [4.69, 9.17) is 10.5 Å². The molecule has 0 unspecified atom stereocenters. The Labute approximate surface area is 138 Å². The normalized spacial score (nSPS) is 16.9. The summed E-state index contributed by atoms with van der Waals surface area (Å²) in [4.78, 5) is 14.5. The second-order valence-electron chi connectivity index (χ2n) is 5.28. The third kappa shape index (κ3) is 4.25. The summed E-state index contributed by atoms with van der Waals surface area (Å²) in [7, 11) is 0. The lowest BCUT2D eigenvalue weighted by Gasteiger charge is -2.26. The van der Waals surface area contributed by atoms with Crippen LogP contribution in [0.2, 0.25) is 0 Å².